The highest BCUT2D eigenvalue weighted by Gasteiger charge is 2.21. The molecule has 1 heterocycles. The van der Waals surface area contributed by atoms with Crippen molar-refractivity contribution in [1.29, 1.82) is 5.26 Å². The maximum Gasteiger partial charge on any atom is 0.142 e. The summed E-state index contributed by atoms with van der Waals surface area (Å²) in [5, 5.41) is 9.31. The third-order valence-electron chi connectivity index (χ3n) is 3.80. The topological polar surface area (TPSA) is 62.7 Å². The van der Waals surface area contributed by atoms with E-state index in [1.165, 1.54) is 19.3 Å². The molecular weight excluding hydrogens is 246 g/mol. The van der Waals surface area contributed by atoms with Gasteiger partial charge in [0, 0.05) is 11.3 Å². The Hall–Kier alpha value is -2.34. The first-order valence-electron chi connectivity index (χ1n) is 7.03. The van der Waals surface area contributed by atoms with E-state index < -0.39 is 0 Å². The second kappa shape index (κ2) is 5.34. The number of pyridine rings is 1. The Labute approximate surface area is 119 Å². The summed E-state index contributed by atoms with van der Waals surface area (Å²) < 4.78 is 0. The predicted molar refractivity (Wildman–Crippen MR) is 79.8 cm³/mol. The van der Waals surface area contributed by atoms with Gasteiger partial charge < -0.3 is 5.73 Å². The van der Waals surface area contributed by atoms with E-state index in [1.807, 2.05) is 36.4 Å². The van der Waals surface area contributed by atoms with Crippen LogP contribution in [0.3, 0.4) is 0 Å². The van der Waals surface area contributed by atoms with Crippen molar-refractivity contribution in [2.75, 3.05) is 5.73 Å². The van der Waals surface area contributed by atoms with Gasteiger partial charge in [0.05, 0.1) is 0 Å². The lowest BCUT2D eigenvalue weighted by atomic mass is 9.99. The van der Waals surface area contributed by atoms with Crippen LogP contribution in [0, 0.1) is 17.2 Å². The van der Waals surface area contributed by atoms with E-state index in [0.29, 0.717) is 11.4 Å². The van der Waals surface area contributed by atoms with Crippen LogP contribution in [-0.4, -0.2) is 4.98 Å². The average Bonchev–Trinajstić information content (AvgIpc) is 3.29. The molecule has 0 bridgehead atoms. The van der Waals surface area contributed by atoms with Crippen LogP contribution in [0.1, 0.15) is 30.5 Å². The molecule has 1 saturated carbocycles. The zero-order valence-corrected chi connectivity index (χ0v) is 11.3. The van der Waals surface area contributed by atoms with Gasteiger partial charge in [0.2, 0.25) is 0 Å². The number of nitrogen functional groups attached to an aromatic ring is 1. The van der Waals surface area contributed by atoms with E-state index in [0.717, 1.165) is 29.2 Å². The Morgan fingerprint density at radius 1 is 1.25 bits per heavy atom. The van der Waals surface area contributed by atoms with Gasteiger partial charge in [0.15, 0.2) is 0 Å². The van der Waals surface area contributed by atoms with Crippen LogP contribution in [0.5, 0.6) is 0 Å². The molecule has 100 valence electrons. The molecule has 1 aromatic carbocycles. The number of hydrogen-bond donors (Lipinski definition) is 1. The molecule has 1 aliphatic rings. The molecule has 3 nitrogen and oxygen atoms in total. The largest absolute Gasteiger partial charge is 0.383 e. The van der Waals surface area contributed by atoms with E-state index >= 15 is 0 Å². The summed E-state index contributed by atoms with van der Waals surface area (Å²) in [4.78, 5) is 4.39. The normalized spacial score (nSPS) is 13.9. The molecule has 0 radical (unpaired) electrons. The average molecular weight is 263 g/mol. The van der Waals surface area contributed by atoms with Gasteiger partial charge in [0.25, 0.3) is 0 Å². The maximum absolute atomic E-state index is 9.31. The minimum Gasteiger partial charge on any atom is -0.383 e. The smallest absolute Gasteiger partial charge is 0.142 e. The second-order valence-corrected chi connectivity index (χ2v) is 5.38. The molecule has 0 amide bonds. The highest BCUT2D eigenvalue weighted by atomic mass is 14.8. The van der Waals surface area contributed by atoms with Crippen molar-refractivity contribution in [1.82, 2.24) is 4.98 Å². The van der Waals surface area contributed by atoms with Crippen LogP contribution in [-0.2, 0) is 6.42 Å². The maximum atomic E-state index is 9.31. The van der Waals surface area contributed by atoms with Gasteiger partial charge in [-0.05, 0) is 30.4 Å². The summed E-state index contributed by atoms with van der Waals surface area (Å²) in [5.41, 5.74) is 9.34. The van der Waals surface area contributed by atoms with Crippen molar-refractivity contribution in [3.05, 3.63) is 47.7 Å². The quantitative estimate of drug-likeness (QED) is 0.917. The van der Waals surface area contributed by atoms with E-state index in [4.69, 9.17) is 5.73 Å². The number of nitrogens with two attached hydrogens (primary N) is 1. The van der Waals surface area contributed by atoms with Crippen molar-refractivity contribution in [3.63, 3.8) is 0 Å². The van der Waals surface area contributed by atoms with Crippen molar-refractivity contribution < 1.29 is 0 Å². The van der Waals surface area contributed by atoms with Crippen LogP contribution in [0.2, 0.25) is 0 Å². The van der Waals surface area contributed by atoms with Crippen LogP contribution >= 0.6 is 0 Å². The molecule has 0 unspecified atom stereocenters. The fourth-order valence-electron chi connectivity index (χ4n) is 2.47. The van der Waals surface area contributed by atoms with Crippen LogP contribution in [0.15, 0.2) is 36.4 Å². The summed E-state index contributed by atoms with van der Waals surface area (Å²) in [6.45, 7) is 0. The van der Waals surface area contributed by atoms with Crippen LogP contribution < -0.4 is 5.73 Å². The molecule has 1 fully saturated rings. The standard InChI is InChI=1S/C17H17N3/c18-11-16-15(13-4-2-1-3-5-13)10-14(20-17(16)19)9-8-12-6-7-12/h1-5,10,12H,6-9H2,(H2,19,20). The fraction of sp³-hybridized carbons (Fsp3) is 0.294. The van der Waals surface area contributed by atoms with Crippen LogP contribution in [0.25, 0.3) is 11.1 Å². The molecule has 3 rings (SSSR count). The molecule has 0 aliphatic heterocycles. The number of nitriles is 1. The van der Waals surface area contributed by atoms with Gasteiger partial charge in [-0.1, -0.05) is 43.2 Å². The first kappa shape index (κ1) is 12.7. The third-order valence-corrected chi connectivity index (χ3v) is 3.80. The molecule has 3 heteroatoms. The van der Waals surface area contributed by atoms with E-state index in [2.05, 4.69) is 11.1 Å². The van der Waals surface area contributed by atoms with E-state index in [-0.39, 0.29) is 0 Å². The molecule has 2 aromatic rings. The monoisotopic (exact) mass is 263 g/mol. The van der Waals surface area contributed by atoms with Gasteiger partial charge >= 0.3 is 0 Å². The van der Waals surface area contributed by atoms with Crippen molar-refractivity contribution in [2.45, 2.75) is 25.7 Å². The first-order chi connectivity index (χ1) is 9.78. The van der Waals surface area contributed by atoms with Gasteiger partial charge in [0.1, 0.15) is 17.5 Å². The molecule has 1 aliphatic carbocycles. The summed E-state index contributed by atoms with van der Waals surface area (Å²) in [6.07, 6.45) is 4.81. The van der Waals surface area contributed by atoms with E-state index in [1.54, 1.807) is 0 Å². The van der Waals surface area contributed by atoms with Crippen molar-refractivity contribution in [3.8, 4) is 17.2 Å². The Morgan fingerprint density at radius 2 is 2.00 bits per heavy atom. The van der Waals surface area contributed by atoms with Gasteiger partial charge in [-0.2, -0.15) is 5.26 Å². The minimum absolute atomic E-state index is 0.347. The van der Waals surface area contributed by atoms with E-state index in [9.17, 15) is 5.26 Å². The Kier molecular flexibility index (Phi) is 3.39. The van der Waals surface area contributed by atoms with Gasteiger partial charge in [-0.25, -0.2) is 4.98 Å². The number of benzene rings is 1. The van der Waals surface area contributed by atoms with Crippen LogP contribution in [0.4, 0.5) is 5.82 Å². The second-order valence-electron chi connectivity index (χ2n) is 5.38. The van der Waals surface area contributed by atoms with Crippen molar-refractivity contribution in [2.24, 2.45) is 5.92 Å². The van der Waals surface area contributed by atoms with Gasteiger partial charge in [-0.3, -0.25) is 0 Å². The number of aromatic nitrogens is 1. The lowest BCUT2D eigenvalue weighted by Crippen LogP contribution is -2.02. The molecule has 0 atom stereocenters. The lowest BCUT2D eigenvalue weighted by Gasteiger charge is -2.09. The molecular formula is C17H17N3. The SMILES string of the molecule is N#Cc1c(-c2ccccc2)cc(CCC2CC2)nc1N. The van der Waals surface area contributed by atoms with Gasteiger partial charge in [-0.15, -0.1) is 0 Å². The number of nitrogens with zero attached hydrogens (tertiary/aromatic N) is 2. The summed E-state index contributed by atoms with van der Waals surface area (Å²) in [6, 6.07) is 14.1. The molecule has 0 spiro atoms. The lowest BCUT2D eigenvalue weighted by molar-refractivity contribution is 0.715. The van der Waals surface area contributed by atoms with Crippen molar-refractivity contribution >= 4 is 5.82 Å². The summed E-state index contributed by atoms with van der Waals surface area (Å²) in [7, 11) is 0. The third kappa shape index (κ3) is 2.65. The fourth-order valence-corrected chi connectivity index (χ4v) is 2.47. The molecule has 20 heavy (non-hydrogen) atoms. The number of anilines is 1. The Balaban J connectivity index is 1.99. The number of hydrogen-bond acceptors (Lipinski definition) is 3. The highest BCUT2D eigenvalue weighted by Crippen LogP contribution is 2.34. The molecule has 0 saturated heterocycles. The highest BCUT2D eigenvalue weighted by molar-refractivity contribution is 5.75. The minimum atomic E-state index is 0.347. The first-order valence-corrected chi connectivity index (χ1v) is 7.03. The summed E-state index contributed by atoms with van der Waals surface area (Å²) in [5.74, 6) is 1.22. The summed E-state index contributed by atoms with van der Waals surface area (Å²) >= 11 is 0. The number of rotatable bonds is 4. The zero-order valence-electron chi connectivity index (χ0n) is 11.3. The molecule has 2 N–H and O–H groups in total. The predicted octanol–water partition coefficient (Wildman–Crippen LogP) is 3.55. The molecule has 1 aromatic heterocycles. The Bertz CT molecular complexity index is 652. The Morgan fingerprint density at radius 3 is 2.65 bits per heavy atom. The number of aryl methyl sites for hydroxylation is 1. The zero-order chi connectivity index (χ0) is 13.9.